The Morgan fingerprint density at radius 3 is 2.45 bits per heavy atom. The number of benzene rings is 1. The van der Waals surface area contributed by atoms with Crippen molar-refractivity contribution < 1.29 is 19.1 Å². The summed E-state index contributed by atoms with van der Waals surface area (Å²) in [7, 11) is 1.37. The summed E-state index contributed by atoms with van der Waals surface area (Å²) in [5.74, 6) is -0.668. The van der Waals surface area contributed by atoms with Crippen LogP contribution in [0.3, 0.4) is 0 Å². The van der Waals surface area contributed by atoms with Crippen LogP contribution in [-0.2, 0) is 20.7 Å². The van der Waals surface area contributed by atoms with Crippen molar-refractivity contribution in [1.29, 1.82) is 0 Å². The number of methoxy groups -OCH3 is 1. The highest BCUT2D eigenvalue weighted by Gasteiger charge is 2.25. The Hall–Kier alpha value is -2.33. The van der Waals surface area contributed by atoms with Crippen LogP contribution < -0.4 is 16.8 Å². The lowest BCUT2D eigenvalue weighted by molar-refractivity contribution is -0.145. The zero-order valence-electron chi connectivity index (χ0n) is 19.8. The second-order valence-corrected chi connectivity index (χ2v) is 9.45. The smallest absolute Gasteiger partial charge is 0.308 e. The minimum Gasteiger partial charge on any atom is -0.469 e. The molecule has 4 unspecified atom stereocenters. The van der Waals surface area contributed by atoms with Gasteiger partial charge in [0, 0.05) is 17.5 Å². The van der Waals surface area contributed by atoms with Crippen LogP contribution in [-0.4, -0.2) is 42.8 Å². The van der Waals surface area contributed by atoms with E-state index >= 15 is 0 Å². The summed E-state index contributed by atoms with van der Waals surface area (Å²) in [6, 6.07) is 9.50. The number of ether oxygens (including phenoxy) is 2. The van der Waals surface area contributed by atoms with E-state index in [9.17, 15) is 9.59 Å². The fourth-order valence-electron chi connectivity index (χ4n) is 3.49. The number of carbonyl (C=O) groups excluding carboxylic acids is 2. The molecule has 33 heavy (non-hydrogen) atoms. The fraction of sp³-hybridized carbons (Fsp3) is 0.542. The van der Waals surface area contributed by atoms with Gasteiger partial charge in [0.15, 0.2) is 0 Å². The minimum atomic E-state index is -0.363. The van der Waals surface area contributed by atoms with Crippen molar-refractivity contribution >= 4 is 23.2 Å². The molecular formula is C24H36N4O4S. The second kappa shape index (κ2) is 13.4. The number of hydrogen-bond acceptors (Lipinski definition) is 8. The zero-order valence-corrected chi connectivity index (χ0v) is 20.6. The van der Waals surface area contributed by atoms with Crippen molar-refractivity contribution in [3.05, 3.63) is 52.0 Å². The van der Waals surface area contributed by atoms with Crippen LogP contribution in [0.1, 0.15) is 60.8 Å². The first kappa shape index (κ1) is 26.9. The summed E-state index contributed by atoms with van der Waals surface area (Å²) in [5.41, 5.74) is 13.2. The van der Waals surface area contributed by atoms with Crippen molar-refractivity contribution in [1.82, 2.24) is 10.3 Å². The number of hydrogen-bond donors (Lipinski definition) is 3. The van der Waals surface area contributed by atoms with Gasteiger partial charge in [0.05, 0.1) is 19.8 Å². The van der Waals surface area contributed by atoms with Crippen molar-refractivity contribution in [3.8, 4) is 0 Å². The number of nitrogens with two attached hydrogens (primary N) is 2. The zero-order chi connectivity index (χ0) is 24.4. The molecule has 0 aliphatic rings. The molecule has 182 valence electrons. The molecule has 0 saturated heterocycles. The molecule has 0 radical (unpaired) electrons. The summed E-state index contributed by atoms with van der Waals surface area (Å²) in [6.07, 6.45) is 1.24. The molecule has 0 aliphatic carbocycles. The second-order valence-electron chi connectivity index (χ2n) is 8.56. The molecule has 0 aliphatic heterocycles. The Balaban J connectivity index is 2.14. The molecule has 5 N–H and O–H groups in total. The van der Waals surface area contributed by atoms with Gasteiger partial charge >= 0.3 is 5.97 Å². The molecule has 1 aromatic heterocycles. The van der Waals surface area contributed by atoms with Crippen LogP contribution >= 0.6 is 11.3 Å². The maximum absolute atomic E-state index is 13.0. The molecule has 8 nitrogen and oxygen atoms in total. The standard InChI is InChI=1S/C24H36N4O4S/c1-15(2)19(26)12-21(32-14-25)23-28-20(13-33-23)22(29)27-18(10-16(3)24(30)31-4)11-17-8-6-5-7-9-17/h5-9,13,15-16,18-19,21H,10-12,14,25-26H2,1-4H3,(H,27,29). The van der Waals surface area contributed by atoms with Gasteiger partial charge in [0.25, 0.3) is 5.91 Å². The number of thiazole rings is 1. The van der Waals surface area contributed by atoms with Crippen LogP contribution in [0.4, 0.5) is 0 Å². The first-order chi connectivity index (χ1) is 15.7. The molecule has 9 heteroatoms. The third-order valence-corrected chi connectivity index (χ3v) is 6.51. The van der Waals surface area contributed by atoms with Crippen LogP contribution in [0.15, 0.2) is 35.7 Å². The predicted octanol–water partition coefficient (Wildman–Crippen LogP) is 3.03. The highest BCUT2D eigenvalue weighted by Crippen LogP contribution is 2.27. The van der Waals surface area contributed by atoms with E-state index in [1.165, 1.54) is 18.4 Å². The van der Waals surface area contributed by atoms with Crippen LogP contribution in [0.25, 0.3) is 0 Å². The number of esters is 1. The molecule has 0 saturated carbocycles. The lowest BCUT2D eigenvalue weighted by Crippen LogP contribution is -2.39. The third-order valence-electron chi connectivity index (χ3n) is 5.57. The van der Waals surface area contributed by atoms with E-state index in [0.717, 1.165) is 5.56 Å². The Kier molecular flexibility index (Phi) is 10.9. The number of amides is 1. The first-order valence-electron chi connectivity index (χ1n) is 11.2. The molecule has 0 fully saturated rings. The Morgan fingerprint density at radius 1 is 1.15 bits per heavy atom. The van der Waals surface area contributed by atoms with Crippen molar-refractivity contribution in [2.24, 2.45) is 23.3 Å². The topological polar surface area (TPSA) is 130 Å². The van der Waals surface area contributed by atoms with Gasteiger partial charge in [-0.3, -0.25) is 9.59 Å². The largest absolute Gasteiger partial charge is 0.469 e. The summed E-state index contributed by atoms with van der Waals surface area (Å²) >= 11 is 1.35. The average Bonchev–Trinajstić information content (AvgIpc) is 3.29. The minimum absolute atomic E-state index is 0.0428. The summed E-state index contributed by atoms with van der Waals surface area (Å²) in [4.78, 5) is 29.5. The van der Waals surface area contributed by atoms with Crippen LogP contribution in [0.2, 0.25) is 0 Å². The molecule has 2 rings (SSSR count). The van der Waals surface area contributed by atoms with Crippen molar-refractivity contribution in [3.63, 3.8) is 0 Å². The summed E-state index contributed by atoms with van der Waals surface area (Å²) in [5, 5.41) is 5.42. The van der Waals surface area contributed by atoms with E-state index in [1.807, 2.05) is 44.2 Å². The van der Waals surface area contributed by atoms with E-state index < -0.39 is 0 Å². The number of nitrogens with one attached hydrogen (secondary N) is 1. The number of aromatic nitrogens is 1. The molecule has 1 amide bonds. The Bertz CT molecular complexity index is 874. The Labute approximate surface area is 200 Å². The number of rotatable bonds is 13. The number of nitrogens with zero attached hydrogens (tertiary/aromatic N) is 1. The average molecular weight is 477 g/mol. The van der Waals surface area contributed by atoms with E-state index in [1.54, 1.807) is 12.3 Å². The monoisotopic (exact) mass is 476 g/mol. The molecule has 0 spiro atoms. The molecular weight excluding hydrogens is 440 g/mol. The summed E-state index contributed by atoms with van der Waals surface area (Å²) < 4.78 is 10.5. The van der Waals surface area contributed by atoms with E-state index in [-0.39, 0.29) is 48.6 Å². The molecule has 1 aromatic carbocycles. The predicted molar refractivity (Wildman–Crippen MR) is 130 cm³/mol. The lowest BCUT2D eigenvalue weighted by atomic mass is 9.96. The highest BCUT2D eigenvalue weighted by atomic mass is 32.1. The fourth-order valence-corrected chi connectivity index (χ4v) is 4.35. The third kappa shape index (κ3) is 8.51. The van der Waals surface area contributed by atoms with Gasteiger partial charge in [-0.25, -0.2) is 4.98 Å². The molecule has 4 atom stereocenters. The van der Waals surface area contributed by atoms with Gasteiger partial charge in [-0.1, -0.05) is 51.1 Å². The van der Waals surface area contributed by atoms with Gasteiger partial charge in [0.2, 0.25) is 0 Å². The molecule has 1 heterocycles. The van der Waals surface area contributed by atoms with E-state index in [2.05, 4.69) is 10.3 Å². The lowest BCUT2D eigenvalue weighted by Gasteiger charge is -2.22. The summed E-state index contributed by atoms with van der Waals surface area (Å²) in [6.45, 7) is 5.94. The van der Waals surface area contributed by atoms with Gasteiger partial charge in [-0.05, 0) is 30.7 Å². The van der Waals surface area contributed by atoms with E-state index in [0.29, 0.717) is 30.0 Å². The van der Waals surface area contributed by atoms with Gasteiger partial charge < -0.3 is 26.3 Å². The Morgan fingerprint density at radius 2 is 1.85 bits per heavy atom. The van der Waals surface area contributed by atoms with Crippen LogP contribution in [0.5, 0.6) is 0 Å². The van der Waals surface area contributed by atoms with Crippen LogP contribution in [0, 0.1) is 11.8 Å². The number of carbonyl (C=O) groups is 2. The van der Waals surface area contributed by atoms with Gasteiger partial charge in [0.1, 0.15) is 16.8 Å². The molecule has 2 aromatic rings. The SMILES string of the molecule is COC(=O)C(C)CC(Cc1ccccc1)NC(=O)c1csc(C(CC(N)C(C)C)OCN)n1. The van der Waals surface area contributed by atoms with Gasteiger partial charge in [-0.15, -0.1) is 11.3 Å². The van der Waals surface area contributed by atoms with Crippen molar-refractivity contribution in [2.45, 2.75) is 58.2 Å². The maximum Gasteiger partial charge on any atom is 0.308 e. The first-order valence-corrected chi connectivity index (χ1v) is 12.1. The quantitative estimate of drug-likeness (QED) is 0.299. The molecule has 0 bridgehead atoms. The normalized spacial score (nSPS) is 15.0. The van der Waals surface area contributed by atoms with Crippen molar-refractivity contribution in [2.75, 3.05) is 13.8 Å². The maximum atomic E-state index is 13.0. The van der Waals surface area contributed by atoms with E-state index in [4.69, 9.17) is 20.9 Å². The van der Waals surface area contributed by atoms with Gasteiger partial charge in [-0.2, -0.15) is 0 Å². The highest BCUT2D eigenvalue weighted by molar-refractivity contribution is 7.09.